The van der Waals surface area contributed by atoms with Gasteiger partial charge in [-0.2, -0.15) is 0 Å². The number of aromatic carboxylic acids is 1. The van der Waals surface area contributed by atoms with E-state index in [9.17, 15) is 14.5 Å². The van der Waals surface area contributed by atoms with Crippen LogP contribution in [0, 0.1) is 6.92 Å². The van der Waals surface area contributed by atoms with Crippen molar-refractivity contribution in [3.63, 3.8) is 0 Å². The maximum absolute atomic E-state index is 14.3. The van der Waals surface area contributed by atoms with Crippen LogP contribution in [0.3, 0.4) is 0 Å². The van der Waals surface area contributed by atoms with Crippen LogP contribution < -0.4 is 15.7 Å². The molecule has 0 heterocycles. The van der Waals surface area contributed by atoms with Gasteiger partial charge in [0.05, 0.1) is 5.56 Å². The zero-order valence-electron chi connectivity index (χ0n) is 16.3. The van der Waals surface area contributed by atoms with Crippen LogP contribution in [0.5, 0.6) is 0 Å². The molecular weight excluding hydrogens is 381 g/mol. The summed E-state index contributed by atoms with van der Waals surface area (Å²) in [5.41, 5.74) is 1.81. The van der Waals surface area contributed by atoms with Gasteiger partial charge >= 0.3 is 5.97 Å². The van der Waals surface area contributed by atoms with E-state index in [2.05, 4.69) is 11.7 Å². The molecule has 0 aliphatic rings. The first-order valence-corrected chi connectivity index (χ1v) is 11.1. The van der Waals surface area contributed by atoms with E-state index < -0.39 is 13.3 Å². The standard InChI is InChI=1S/C24H24NO3P/c1-3-10-23(19-15-16-22(24(26)27)18(2)17-19)25-29(28,20-11-6-4-7-12-20)21-13-8-5-9-14-21/h3-9,11-17,23H,1,10H2,2H3,(H,25,28)(H,26,27)/t23-/m1/s1. The second-order valence-electron chi connectivity index (χ2n) is 6.87. The fourth-order valence-electron chi connectivity index (χ4n) is 3.37. The number of benzene rings is 3. The summed E-state index contributed by atoms with van der Waals surface area (Å²) in [5, 5.41) is 14.1. The van der Waals surface area contributed by atoms with Crippen molar-refractivity contribution in [2.45, 2.75) is 19.4 Å². The van der Waals surface area contributed by atoms with Gasteiger partial charge < -0.3 is 5.11 Å². The molecular formula is C24H24NO3P. The van der Waals surface area contributed by atoms with Gasteiger partial charge in [-0.15, -0.1) is 6.58 Å². The smallest absolute Gasteiger partial charge is 0.335 e. The van der Waals surface area contributed by atoms with Crippen molar-refractivity contribution in [1.82, 2.24) is 5.09 Å². The van der Waals surface area contributed by atoms with Crippen LogP contribution in [0.25, 0.3) is 0 Å². The normalized spacial score (nSPS) is 12.3. The highest BCUT2D eigenvalue weighted by Gasteiger charge is 2.30. The topological polar surface area (TPSA) is 66.4 Å². The predicted octanol–water partition coefficient (Wildman–Crippen LogP) is 4.83. The lowest BCUT2D eigenvalue weighted by Gasteiger charge is -2.27. The minimum absolute atomic E-state index is 0.264. The van der Waals surface area contributed by atoms with Crippen LogP contribution in [0.4, 0.5) is 0 Å². The van der Waals surface area contributed by atoms with E-state index in [-0.39, 0.29) is 11.6 Å². The second-order valence-corrected chi connectivity index (χ2v) is 9.38. The van der Waals surface area contributed by atoms with Crippen LogP contribution in [0.15, 0.2) is 91.5 Å². The highest BCUT2D eigenvalue weighted by Crippen LogP contribution is 2.42. The van der Waals surface area contributed by atoms with E-state index in [1.807, 2.05) is 66.7 Å². The number of rotatable bonds is 8. The molecule has 2 N–H and O–H groups in total. The van der Waals surface area contributed by atoms with E-state index in [1.165, 1.54) is 0 Å². The molecule has 3 rings (SSSR count). The Bertz CT molecular complexity index is 1000. The van der Waals surface area contributed by atoms with Crippen LogP contribution in [-0.4, -0.2) is 11.1 Å². The molecule has 0 aliphatic carbocycles. The van der Waals surface area contributed by atoms with E-state index in [4.69, 9.17) is 0 Å². The molecule has 29 heavy (non-hydrogen) atoms. The van der Waals surface area contributed by atoms with Gasteiger partial charge in [-0.25, -0.2) is 4.79 Å². The maximum atomic E-state index is 14.3. The van der Waals surface area contributed by atoms with Crippen LogP contribution in [0.2, 0.25) is 0 Å². The van der Waals surface area contributed by atoms with Crippen molar-refractivity contribution in [2.75, 3.05) is 0 Å². The third-order valence-corrected chi connectivity index (χ3v) is 7.59. The summed E-state index contributed by atoms with van der Waals surface area (Å²) in [4.78, 5) is 11.4. The summed E-state index contributed by atoms with van der Waals surface area (Å²) in [5.74, 6) is -0.957. The molecule has 0 saturated carbocycles. The summed E-state index contributed by atoms with van der Waals surface area (Å²) < 4.78 is 14.3. The number of hydrogen-bond donors (Lipinski definition) is 2. The fraction of sp³-hybridized carbons (Fsp3) is 0.125. The molecule has 0 unspecified atom stereocenters. The number of carbonyl (C=O) groups is 1. The molecule has 0 fully saturated rings. The number of hydrogen-bond acceptors (Lipinski definition) is 2. The first kappa shape index (κ1) is 20.8. The van der Waals surface area contributed by atoms with Crippen molar-refractivity contribution in [2.24, 2.45) is 0 Å². The predicted molar refractivity (Wildman–Crippen MR) is 119 cm³/mol. The lowest BCUT2D eigenvalue weighted by atomic mass is 9.99. The van der Waals surface area contributed by atoms with Crippen molar-refractivity contribution in [3.8, 4) is 0 Å². The lowest BCUT2D eigenvalue weighted by Crippen LogP contribution is -2.30. The van der Waals surface area contributed by atoms with Gasteiger partial charge in [-0.3, -0.25) is 9.65 Å². The molecule has 3 aromatic carbocycles. The number of aryl methyl sites for hydroxylation is 1. The molecule has 5 heteroatoms. The molecule has 4 nitrogen and oxygen atoms in total. The lowest BCUT2D eigenvalue weighted by molar-refractivity contribution is 0.0696. The highest BCUT2D eigenvalue weighted by molar-refractivity contribution is 7.76. The molecule has 0 amide bonds. The Morgan fingerprint density at radius 2 is 1.59 bits per heavy atom. The third kappa shape index (κ3) is 4.56. The van der Waals surface area contributed by atoms with Gasteiger partial charge in [0, 0.05) is 16.7 Å². The summed E-state index contributed by atoms with van der Waals surface area (Å²) in [6, 6.07) is 23.7. The molecule has 0 saturated heterocycles. The Hall–Kier alpha value is -2.94. The van der Waals surface area contributed by atoms with Crippen molar-refractivity contribution >= 4 is 23.9 Å². The SMILES string of the molecule is C=CC[C@@H](NP(=O)(c1ccccc1)c1ccccc1)c1ccc(C(=O)O)c(C)c1. The molecule has 148 valence electrons. The minimum Gasteiger partial charge on any atom is -0.478 e. The van der Waals surface area contributed by atoms with Gasteiger partial charge in [0.1, 0.15) is 0 Å². The summed E-state index contributed by atoms with van der Waals surface area (Å²) in [6.45, 7) is 5.62. The molecule has 3 aromatic rings. The zero-order valence-corrected chi connectivity index (χ0v) is 17.2. The minimum atomic E-state index is -3.14. The van der Waals surface area contributed by atoms with Crippen LogP contribution in [0.1, 0.15) is 33.9 Å². The molecule has 0 spiro atoms. The molecule has 0 radical (unpaired) electrons. The Kier molecular flexibility index (Phi) is 6.48. The average molecular weight is 405 g/mol. The van der Waals surface area contributed by atoms with E-state index in [0.717, 1.165) is 16.2 Å². The molecule has 0 aromatic heterocycles. The third-order valence-electron chi connectivity index (χ3n) is 4.86. The van der Waals surface area contributed by atoms with Gasteiger partial charge in [-0.05, 0) is 54.8 Å². The van der Waals surface area contributed by atoms with Crippen LogP contribution in [-0.2, 0) is 4.57 Å². The van der Waals surface area contributed by atoms with Gasteiger partial charge in [-0.1, -0.05) is 54.6 Å². The Labute approximate surface area is 171 Å². The van der Waals surface area contributed by atoms with Crippen LogP contribution >= 0.6 is 7.29 Å². The maximum Gasteiger partial charge on any atom is 0.335 e. The zero-order chi connectivity index (χ0) is 20.9. The Balaban J connectivity index is 2.07. The summed E-state index contributed by atoms with van der Waals surface area (Å²) >= 11 is 0. The quantitative estimate of drug-likeness (QED) is 0.416. The summed E-state index contributed by atoms with van der Waals surface area (Å²) in [7, 11) is -3.14. The second kappa shape index (κ2) is 9.04. The monoisotopic (exact) mass is 405 g/mol. The van der Waals surface area contributed by atoms with Gasteiger partial charge in [0.25, 0.3) is 0 Å². The number of carboxylic acids is 1. The van der Waals surface area contributed by atoms with Crippen molar-refractivity contribution in [3.05, 3.63) is 108 Å². The van der Waals surface area contributed by atoms with E-state index in [0.29, 0.717) is 12.0 Å². The molecule has 0 bridgehead atoms. The molecule has 0 aliphatic heterocycles. The number of carboxylic acid groups (broad SMARTS) is 1. The fourth-order valence-corrected chi connectivity index (χ4v) is 5.84. The average Bonchev–Trinajstić information content (AvgIpc) is 2.74. The van der Waals surface area contributed by atoms with E-state index in [1.54, 1.807) is 25.1 Å². The van der Waals surface area contributed by atoms with Gasteiger partial charge in [0.2, 0.25) is 7.29 Å². The Morgan fingerprint density at radius 3 is 2.03 bits per heavy atom. The summed E-state index contributed by atoms with van der Waals surface area (Å²) in [6.07, 6.45) is 2.33. The van der Waals surface area contributed by atoms with Gasteiger partial charge in [0.15, 0.2) is 0 Å². The Morgan fingerprint density at radius 1 is 1.03 bits per heavy atom. The largest absolute Gasteiger partial charge is 0.478 e. The number of nitrogens with one attached hydrogen (secondary N) is 1. The van der Waals surface area contributed by atoms with Crippen molar-refractivity contribution < 1.29 is 14.5 Å². The molecule has 1 atom stereocenters. The van der Waals surface area contributed by atoms with E-state index >= 15 is 0 Å². The first-order chi connectivity index (χ1) is 14.0. The first-order valence-electron chi connectivity index (χ1n) is 9.39. The highest BCUT2D eigenvalue weighted by atomic mass is 31.2. The van der Waals surface area contributed by atoms with Crippen molar-refractivity contribution in [1.29, 1.82) is 0 Å².